The molecule has 1 amide bonds. The van der Waals surface area contributed by atoms with Gasteiger partial charge in [-0.3, -0.25) is 4.79 Å². The number of anilines is 1. The van der Waals surface area contributed by atoms with Gasteiger partial charge < -0.3 is 10.1 Å². The van der Waals surface area contributed by atoms with Crippen LogP contribution in [0.2, 0.25) is 0 Å². The van der Waals surface area contributed by atoms with Gasteiger partial charge >= 0.3 is 0 Å². The van der Waals surface area contributed by atoms with Crippen molar-refractivity contribution in [2.45, 2.75) is 37.7 Å². The van der Waals surface area contributed by atoms with Crippen LogP contribution in [0.25, 0.3) is 0 Å². The van der Waals surface area contributed by atoms with Crippen LogP contribution in [0.4, 0.5) is 5.69 Å². The lowest BCUT2D eigenvalue weighted by atomic mass is 10.1. The predicted octanol–water partition coefficient (Wildman–Crippen LogP) is 1.98. The van der Waals surface area contributed by atoms with Gasteiger partial charge in [-0.1, -0.05) is 6.92 Å². The smallest absolute Gasteiger partial charge is 0.268 e. The van der Waals surface area contributed by atoms with Crippen molar-refractivity contribution in [1.29, 1.82) is 0 Å². The van der Waals surface area contributed by atoms with Gasteiger partial charge in [-0.15, -0.1) is 0 Å². The van der Waals surface area contributed by atoms with Crippen LogP contribution in [0.5, 0.6) is 5.75 Å². The molecule has 0 unspecified atom stereocenters. The van der Waals surface area contributed by atoms with Gasteiger partial charge in [0.15, 0.2) is 15.4 Å². The molecule has 0 spiro atoms. The SMILES string of the molecule is CCCS(=O)(=O)c1ccc2c(c1)NC(=O)C(C)(C)O2. The predicted molar refractivity (Wildman–Crippen MR) is 72.1 cm³/mol. The molecule has 0 aliphatic carbocycles. The number of nitrogens with one attached hydrogen (secondary N) is 1. The largest absolute Gasteiger partial charge is 0.476 e. The van der Waals surface area contributed by atoms with Gasteiger partial charge in [-0.25, -0.2) is 8.42 Å². The van der Waals surface area contributed by atoms with Crippen molar-refractivity contribution in [2.24, 2.45) is 0 Å². The van der Waals surface area contributed by atoms with Crippen LogP contribution in [0.15, 0.2) is 23.1 Å². The summed E-state index contributed by atoms with van der Waals surface area (Å²) >= 11 is 0. The van der Waals surface area contributed by atoms with Crippen molar-refractivity contribution < 1.29 is 17.9 Å². The number of rotatable bonds is 3. The number of carbonyl (C=O) groups is 1. The molecular weight excluding hydrogens is 266 g/mol. The van der Waals surface area contributed by atoms with Gasteiger partial charge in [0.1, 0.15) is 5.75 Å². The summed E-state index contributed by atoms with van der Waals surface area (Å²) in [5, 5.41) is 2.68. The Hall–Kier alpha value is -1.56. The average molecular weight is 283 g/mol. The molecule has 1 N–H and O–H groups in total. The molecule has 0 radical (unpaired) electrons. The van der Waals surface area contributed by atoms with E-state index in [0.29, 0.717) is 17.9 Å². The van der Waals surface area contributed by atoms with E-state index in [9.17, 15) is 13.2 Å². The summed E-state index contributed by atoms with van der Waals surface area (Å²) < 4.78 is 29.5. The van der Waals surface area contributed by atoms with E-state index in [0.717, 1.165) is 0 Å². The molecule has 0 bridgehead atoms. The van der Waals surface area contributed by atoms with Gasteiger partial charge in [-0.05, 0) is 38.5 Å². The van der Waals surface area contributed by atoms with Crippen molar-refractivity contribution in [1.82, 2.24) is 0 Å². The molecular formula is C13H17NO4S. The molecule has 104 valence electrons. The topological polar surface area (TPSA) is 72.5 Å². The van der Waals surface area contributed by atoms with Crippen LogP contribution >= 0.6 is 0 Å². The van der Waals surface area contributed by atoms with E-state index in [1.807, 2.05) is 6.92 Å². The number of hydrogen-bond donors (Lipinski definition) is 1. The molecule has 0 atom stereocenters. The molecule has 1 heterocycles. The highest BCUT2D eigenvalue weighted by atomic mass is 32.2. The Morgan fingerprint density at radius 1 is 1.32 bits per heavy atom. The Kier molecular flexibility index (Phi) is 3.30. The molecule has 2 rings (SSSR count). The first-order valence-corrected chi connectivity index (χ1v) is 7.79. The first-order chi connectivity index (χ1) is 8.76. The van der Waals surface area contributed by atoms with Crippen LogP contribution in [0.3, 0.4) is 0 Å². The summed E-state index contributed by atoms with van der Waals surface area (Å²) in [5.74, 6) is 0.289. The fourth-order valence-corrected chi connectivity index (χ4v) is 3.22. The van der Waals surface area contributed by atoms with Crippen molar-refractivity contribution in [3.05, 3.63) is 18.2 Å². The number of sulfone groups is 1. The number of carbonyl (C=O) groups excluding carboxylic acids is 1. The first kappa shape index (κ1) is 13.9. The second-order valence-electron chi connectivity index (χ2n) is 5.04. The van der Waals surface area contributed by atoms with Gasteiger partial charge in [0.05, 0.1) is 16.3 Å². The number of ether oxygens (including phenoxy) is 1. The molecule has 19 heavy (non-hydrogen) atoms. The fraction of sp³-hybridized carbons (Fsp3) is 0.462. The Morgan fingerprint density at radius 3 is 2.63 bits per heavy atom. The van der Waals surface area contributed by atoms with Gasteiger partial charge in [0.25, 0.3) is 5.91 Å². The van der Waals surface area contributed by atoms with E-state index in [2.05, 4.69) is 5.32 Å². The molecule has 5 nitrogen and oxygen atoms in total. The second kappa shape index (κ2) is 4.52. The normalized spacial score (nSPS) is 17.3. The number of benzene rings is 1. The third kappa shape index (κ3) is 2.58. The zero-order valence-electron chi connectivity index (χ0n) is 11.2. The molecule has 0 fully saturated rings. The van der Waals surface area contributed by atoms with Crippen LogP contribution in [0.1, 0.15) is 27.2 Å². The zero-order valence-corrected chi connectivity index (χ0v) is 12.0. The Morgan fingerprint density at radius 2 is 2.00 bits per heavy atom. The minimum atomic E-state index is -3.30. The Balaban J connectivity index is 2.42. The zero-order chi connectivity index (χ0) is 14.3. The van der Waals surface area contributed by atoms with Crippen molar-refractivity contribution >= 4 is 21.4 Å². The summed E-state index contributed by atoms with van der Waals surface area (Å²) in [7, 11) is -3.30. The summed E-state index contributed by atoms with van der Waals surface area (Å²) in [4.78, 5) is 12.0. The summed E-state index contributed by atoms with van der Waals surface area (Å²) in [6, 6.07) is 4.55. The fourth-order valence-electron chi connectivity index (χ4n) is 1.87. The first-order valence-electron chi connectivity index (χ1n) is 6.13. The lowest BCUT2D eigenvalue weighted by Crippen LogP contribution is -2.45. The van der Waals surface area contributed by atoms with E-state index in [-0.39, 0.29) is 16.6 Å². The lowest BCUT2D eigenvalue weighted by Gasteiger charge is -2.31. The van der Waals surface area contributed by atoms with Gasteiger partial charge in [-0.2, -0.15) is 0 Å². The molecule has 6 heteroatoms. The van der Waals surface area contributed by atoms with Crippen LogP contribution in [-0.2, 0) is 14.6 Å². The maximum absolute atomic E-state index is 12.0. The second-order valence-corrected chi connectivity index (χ2v) is 7.15. The summed E-state index contributed by atoms with van der Waals surface area (Å²) in [6.45, 7) is 5.13. The monoisotopic (exact) mass is 283 g/mol. The van der Waals surface area contributed by atoms with Crippen molar-refractivity contribution in [3.8, 4) is 5.75 Å². The maximum atomic E-state index is 12.0. The van der Waals surface area contributed by atoms with Gasteiger partial charge in [0, 0.05) is 0 Å². The maximum Gasteiger partial charge on any atom is 0.268 e. The molecule has 0 saturated heterocycles. The Labute approximate surface area is 112 Å². The highest BCUT2D eigenvalue weighted by Gasteiger charge is 2.35. The van der Waals surface area contributed by atoms with Crippen LogP contribution in [0, 0.1) is 0 Å². The third-order valence-electron chi connectivity index (χ3n) is 2.94. The van der Waals surface area contributed by atoms with E-state index < -0.39 is 15.4 Å². The van der Waals surface area contributed by atoms with Crippen LogP contribution in [-0.4, -0.2) is 25.7 Å². The summed E-state index contributed by atoms with van der Waals surface area (Å²) in [6.07, 6.45) is 0.551. The molecule has 0 aromatic heterocycles. The molecule has 0 saturated carbocycles. The molecule has 1 aliphatic heterocycles. The van der Waals surface area contributed by atoms with Crippen molar-refractivity contribution in [2.75, 3.05) is 11.1 Å². The van der Waals surface area contributed by atoms with Gasteiger partial charge in [0.2, 0.25) is 0 Å². The van der Waals surface area contributed by atoms with E-state index in [1.54, 1.807) is 19.9 Å². The number of amides is 1. The van der Waals surface area contributed by atoms with Crippen LogP contribution < -0.4 is 10.1 Å². The minimum Gasteiger partial charge on any atom is -0.476 e. The average Bonchev–Trinajstić information content (AvgIpc) is 2.29. The quantitative estimate of drug-likeness (QED) is 0.920. The molecule has 1 aliphatic rings. The lowest BCUT2D eigenvalue weighted by molar-refractivity contribution is -0.129. The van der Waals surface area contributed by atoms with E-state index in [4.69, 9.17) is 4.74 Å². The number of fused-ring (bicyclic) bond motifs is 1. The number of hydrogen-bond acceptors (Lipinski definition) is 4. The highest BCUT2D eigenvalue weighted by Crippen LogP contribution is 2.35. The highest BCUT2D eigenvalue weighted by molar-refractivity contribution is 7.91. The third-order valence-corrected chi connectivity index (χ3v) is 4.86. The van der Waals surface area contributed by atoms with Crippen molar-refractivity contribution in [3.63, 3.8) is 0 Å². The van der Waals surface area contributed by atoms with E-state index >= 15 is 0 Å². The molecule has 1 aromatic rings. The van der Waals surface area contributed by atoms with E-state index in [1.165, 1.54) is 12.1 Å². The summed E-state index contributed by atoms with van der Waals surface area (Å²) in [5.41, 5.74) is -0.543. The molecule has 1 aromatic carbocycles. The standard InChI is InChI=1S/C13H17NO4S/c1-4-7-19(16,17)9-5-6-11-10(8-9)14-12(15)13(2,3)18-11/h5-6,8H,4,7H2,1-3H3,(H,14,15). The Bertz CT molecular complexity index is 620. The minimum absolute atomic E-state index is 0.0894.